The van der Waals surface area contributed by atoms with Gasteiger partial charge in [-0.25, -0.2) is 4.98 Å². The Morgan fingerprint density at radius 3 is 2.81 bits per heavy atom. The Balaban J connectivity index is 1.65. The Morgan fingerprint density at radius 2 is 2.12 bits per heavy atom. The van der Waals surface area contributed by atoms with Crippen molar-refractivity contribution in [2.24, 2.45) is 5.92 Å². The van der Waals surface area contributed by atoms with Crippen molar-refractivity contribution in [1.29, 1.82) is 0 Å². The van der Waals surface area contributed by atoms with E-state index < -0.39 is 0 Å². The zero-order valence-electron chi connectivity index (χ0n) is 16.2. The Bertz CT molecular complexity index is 677. The van der Waals surface area contributed by atoms with Crippen LogP contribution in [0, 0.1) is 5.92 Å². The number of nitrogens with zero attached hydrogens (tertiary/aromatic N) is 3. The molecule has 0 radical (unpaired) electrons. The van der Waals surface area contributed by atoms with Crippen LogP contribution in [0.5, 0.6) is 0 Å². The summed E-state index contributed by atoms with van der Waals surface area (Å²) in [4.78, 5) is 33.3. The van der Waals surface area contributed by atoms with Gasteiger partial charge in [0.15, 0.2) is 5.89 Å². The lowest BCUT2D eigenvalue weighted by atomic mass is 9.95. The van der Waals surface area contributed by atoms with Crippen molar-refractivity contribution < 1.29 is 18.7 Å². The van der Waals surface area contributed by atoms with Crippen LogP contribution in [0.4, 0.5) is 0 Å². The average molecular weight is 363 g/mol. The number of fused-ring (bicyclic) bond motifs is 1. The summed E-state index contributed by atoms with van der Waals surface area (Å²) >= 11 is 0. The number of carbonyl (C=O) groups excluding carboxylic acids is 2. The smallest absolute Gasteiger partial charge is 0.227 e. The number of carbonyl (C=O) groups is 2. The molecule has 0 saturated carbocycles. The maximum atomic E-state index is 13.0. The van der Waals surface area contributed by atoms with Crippen molar-refractivity contribution in [3.8, 4) is 0 Å². The number of ether oxygens (including phenoxy) is 1. The molecule has 1 atom stereocenters. The molecule has 7 heteroatoms. The van der Waals surface area contributed by atoms with E-state index in [2.05, 4.69) is 25.8 Å². The summed E-state index contributed by atoms with van der Waals surface area (Å²) in [6, 6.07) is 0. The summed E-state index contributed by atoms with van der Waals surface area (Å²) in [6.07, 6.45) is 1.75. The van der Waals surface area contributed by atoms with Crippen LogP contribution in [-0.2, 0) is 32.7 Å². The van der Waals surface area contributed by atoms with Gasteiger partial charge in [0.05, 0.1) is 19.1 Å². The van der Waals surface area contributed by atoms with Gasteiger partial charge >= 0.3 is 0 Å². The van der Waals surface area contributed by atoms with E-state index in [4.69, 9.17) is 9.15 Å². The maximum Gasteiger partial charge on any atom is 0.227 e. The fraction of sp³-hybridized carbons (Fsp3) is 0.737. The molecule has 7 nitrogen and oxygen atoms in total. The van der Waals surface area contributed by atoms with Crippen molar-refractivity contribution in [3.63, 3.8) is 0 Å². The number of hydrogen-bond donors (Lipinski definition) is 0. The quantitative estimate of drug-likeness (QED) is 0.814. The summed E-state index contributed by atoms with van der Waals surface area (Å²) in [5.74, 6) is 1.72. The van der Waals surface area contributed by atoms with Crippen LogP contribution in [0.2, 0.25) is 0 Å². The zero-order valence-corrected chi connectivity index (χ0v) is 16.2. The molecule has 1 aromatic rings. The highest BCUT2D eigenvalue weighted by atomic mass is 16.5. The van der Waals surface area contributed by atoms with Gasteiger partial charge in [-0.1, -0.05) is 20.8 Å². The van der Waals surface area contributed by atoms with Crippen LogP contribution in [0.25, 0.3) is 0 Å². The summed E-state index contributed by atoms with van der Waals surface area (Å²) in [5.41, 5.74) is 0.732. The van der Waals surface area contributed by atoms with Gasteiger partial charge in [0.1, 0.15) is 11.5 Å². The van der Waals surface area contributed by atoms with E-state index in [1.165, 1.54) is 0 Å². The normalized spacial score (nSPS) is 21.1. The lowest BCUT2D eigenvalue weighted by molar-refractivity contribution is -0.144. The molecule has 2 aliphatic heterocycles. The van der Waals surface area contributed by atoms with Crippen molar-refractivity contribution in [2.45, 2.75) is 52.0 Å². The lowest BCUT2D eigenvalue weighted by Gasteiger charge is -2.35. The molecule has 26 heavy (non-hydrogen) atoms. The topological polar surface area (TPSA) is 75.9 Å². The van der Waals surface area contributed by atoms with Crippen LogP contribution < -0.4 is 0 Å². The summed E-state index contributed by atoms with van der Waals surface area (Å²) in [5, 5.41) is 0. The van der Waals surface area contributed by atoms with E-state index in [0.29, 0.717) is 52.0 Å². The Kier molecular flexibility index (Phi) is 5.37. The molecule has 2 amide bonds. The van der Waals surface area contributed by atoms with Crippen LogP contribution in [0.15, 0.2) is 4.42 Å². The summed E-state index contributed by atoms with van der Waals surface area (Å²) in [6.45, 7) is 8.87. The van der Waals surface area contributed by atoms with E-state index >= 15 is 0 Å². The molecule has 0 bridgehead atoms. The number of rotatable bonds is 4. The molecule has 2 aliphatic rings. The summed E-state index contributed by atoms with van der Waals surface area (Å²) in [7, 11) is 1.62. The van der Waals surface area contributed by atoms with Gasteiger partial charge in [-0.2, -0.15) is 0 Å². The summed E-state index contributed by atoms with van der Waals surface area (Å²) < 4.78 is 11.0. The molecule has 3 rings (SSSR count). The van der Waals surface area contributed by atoms with Gasteiger partial charge in [0.25, 0.3) is 0 Å². The number of likely N-dealkylation sites (tertiary alicyclic amines) is 1. The maximum absolute atomic E-state index is 13.0. The molecular formula is C19H29N3O4. The second kappa shape index (κ2) is 7.39. The van der Waals surface area contributed by atoms with Crippen LogP contribution >= 0.6 is 0 Å². The number of oxazole rings is 1. The van der Waals surface area contributed by atoms with Gasteiger partial charge in [0.2, 0.25) is 11.8 Å². The first-order valence-corrected chi connectivity index (χ1v) is 9.34. The molecule has 0 aliphatic carbocycles. The van der Waals surface area contributed by atoms with Crippen LogP contribution in [0.1, 0.15) is 51.0 Å². The Morgan fingerprint density at radius 1 is 1.35 bits per heavy atom. The van der Waals surface area contributed by atoms with E-state index in [9.17, 15) is 9.59 Å². The molecule has 1 unspecified atom stereocenters. The molecular weight excluding hydrogens is 334 g/mol. The standard InChI is InChI=1S/C19H29N3O4/c1-19(2,3)18-20-14-12-22(8-7-15(14)26-18)17(24)13-5-6-16(23)21(11-13)9-10-25-4/h13H,5-12H2,1-4H3. The fourth-order valence-electron chi connectivity index (χ4n) is 3.50. The van der Waals surface area contributed by atoms with E-state index in [-0.39, 0.29) is 23.1 Å². The Hall–Kier alpha value is -1.89. The highest BCUT2D eigenvalue weighted by molar-refractivity contribution is 5.84. The third kappa shape index (κ3) is 3.92. The number of amides is 2. The van der Waals surface area contributed by atoms with E-state index in [0.717, 1.165) is 17.3 Å². The molecule has 0 N–H and O–H groups in total. The predicted molar refractivity (Wildman–Crippen MR) is 95.5 cm³/mol. The Labute approximate surface area is 154 Å². The number of aromatic nitrogens is 1. The third-order valence-electron chi connectivity index (χ3n) is 5.10. The minimum Gasteiger partial charge on any atom is -0.445 e. The minimum absolute atomic E-state index is 0.110. The van der Waals surface area contributed by atoms with Gasteiger partial charge in [-0.3, -0.25) is 9.59 Å². The van der Waals surface area contributed by atoms with Crippen molar-refractivity contribution in [2.75, 3.05) is 33.4 Å². The highest BCUT2D eigenvalue weighted by Gasteiger charge is 2.35. The first-order valence-electron chi connectivity index (χ1n) is 9.34. The molecule has 1 fully saturated rings. The predicted octanol–water partition coefficient (Wildman–Crippen LogP) is 1.74. The first-order chi connectivity index (χ1) is 12.3. The molecule has 0 spiro atoms. The molecule has 144 valence electrons. The fourth-order valence-corrected chi connectivity index (χ4v) is 3.50. The van der Waals surface area contributed by atoms with Gasteiger partial charge < -0.3 is 19.0 Å². The lowest BCUT2D eigenvalue weighted by Crippen LogP contribution is -2.48. The van der Waals surface area contributed by atoms with Crippen molar-refractivity contribution in [3.05, 3.63) is 17.3 Å². The molecule has 1 saturated heterocycles. The second-order valence-corrected chi connectivity index (χ2v) is 8.22. The first kappa shape index (κ1) is 18.9. The number of hydrogen-bond acceptors (Lipinski definition) is 5. The SMILES string of the molecule is COCCN1CC(C(=O)N2CCc3oc(C(C)(C)C)nc3C2)CCC1=O. The van der Waals surface area contributed by atoms with Crippen molar-refractivity contribution in [1.82, 2.24) is 14.8 Å². The monoisotopic (exact) mass is 363 g/mol. The van der Waals surface area contributed by atoms with Crippen LogP contribution in [0.3, 0.4) is 0 Å². The highest BCUT2D eigenvalue weighted by Crippen LogP contribution is 2.29. The molecule has 0 aromatic carbocycles. The third-order valence-corrected chi connectivity index (χ3v) is 5.10. The largest absolute Gasteiger partial charge is 0.445 e. The minimum atomic E-state index is -0.141. The average Bonchev–Trinajstić information content (AvgIpc) is 3.04. The van der Waals surface area contributed by atoms with Gasteiger partial charge in [-0.15, -0.1) is 0 Å². The van der Waals surface area contributed by atoms with Gasteiger partial charge in [-0.05, 0) is 6.42 Å². The van der Waals surface area contributed by atoms with Crippen LogP contribution in [-0.4, -0.2) is 59.9 Å². The zero-order chi connectivity index (χ0) is 18.9. The number of methoxy groups -OCH3 is 1. The van der Waals surface area contributed by atoms with Crippen molar-refractivity contribution >= 4 is 11.8 Å². The number of piperidine rings is 1. The molecule has 1 aromatic heterocycles. The van der Waals surface area contributed by atoms with E-state index in [1.807, 2.05) is 4.90 Å². The van der Waals surface area contributed by atoms with Gasteiger partial charge in [0, 0.05) is 45.0 Å². The molecule has 3 heterocycles. The second-order valence-electron chi connectivity index (χ2n) is 8.22. The van der Waals surface area contributed by atoms with E-state index in [1.54, 1.807) is 12.0 Å².